The summed E-state index contributed by atoms with van der Waals surface area (Å²) < 4.78 is 14.3. The first kappa shape index (κ1) is 22.3. The number of allylic oxidation sites excluding steroid dienone is 14. The van der Waals surface area contributed by atoms with Crippen LogP contribution in [0.15, 0.2) is 121 Å². The van der Waals surface area contributed by atoms with Crippen molar-refractivity contribution in [1.29, 1.82) is 0 Å². The molecule has 0 unspecified atom stereocenters. The van der Waals surface area contributed by atoms with E-state index in [0.717, 1.165) is 24.0 Å². The lowest BCUT2D eigenvalue weighted by atomic mass is 10.0. The van der Waals surface area contributed by atoms with E-state index in [0.29, 0.717) is 16.7 Å². The van der Waals surface area contributed by atoms with Crippen molar-refractivity contribution in [2.45, 2.75) is 26.7 Å². The molecule has 0 aliphatic heterocycles. The van der Waals surface area contributed by atoms with Crippen molar-refractivity contribution < 1.29 is 4.39 Å². The Morgan fingerprint density at radius 1 is 0.840 bits per heavy atom. The van der Waals surface area contributed by atoms with Crippen LogP contribution >= 0.6 is 0 Å². The van der Waals surface area contributed by atoms with Gasteiger partial charge in [0.1, 0.15) is 5.83 Å². The van der Waals surface area contributed by atoms with Crippen LogP contribution in [-0.2, 0) is 0 Å². The van der Waals surface area contributed by atoms with Gasteiger partial charge >= 0.3 is 0 Å². The summed E-state index contributed by atoms with van der Waals surface area (Å²) in [6.07, 6.45) is 14.3. The van der Waals surface area contributed by atoms with E-state index < -0.39 is 5.83 Å². The van der Waals surface area contributed by atoms with Crippen LogP contribution in [0.1, 0.15) is 26.7 Å². The van der Waals surface area contributed by atoms with Crippen LogP contribution in [-0.4, -0.2) is 0 Å². The standard InChI is InChI=1S/C24H29F/c1-9-10-11-12-19(4)14-16-21(6)23(8)24(25)17-22(7)20(5)15-13-18(2)3/h9-10,13-17H,2,4-8,11-12H2,1,3H3/b10-9+,15-13-,16-14-,24-17+. The number of rotatable bonds is 11. The smallest absolute Gasteiger partial charge is 0.131 e. The van der Waals surface area contributed by atoms with E-state index >= 15 is 0 Å². The van der Waals surface area contributed by atoms with Crippen molar-refractivity contribution >= 4 is 0 Å². The Kier molecular flexibility index (Phi) is 10.5. The van der Waals surface area contributed by atoms with Crippen molar-refractivity contribution in [3.8, 4) is 0 Å². The molecule has 0 heterocycles. The van der Waals surface area contributed by atoms with Gasteiger partial charge in [0.15, 0.2) is 0 Å². The lowest BCUT2D eigenvalue weighted by Crippen LogP contribution is -1.88. The second-order valence-corrected chi connectivity index (χ2v) is 5.83. The van der Waals surface area contributed by atoms with Gasteiger partial charge < -0.3 is 0 Å². The summed E-state index contributed by atoms with van der Waals surface area (Å²) in [5, 5.41) is 0. The predicted octanol–water partition coefficient (Wildman–Crippen LogP) is 7.67. The highest BCUT2D eigenvalue weighted by atomic mass is 19.1. The minimum absolute atomic E-state index is 0.218. The Balaban J connectivity index is 4.83. The van der Waals surface area contributed by atoms with Crippen LogP contribution in [0.3, 0.4) is 0 Å². The second kappa shape index (κ2) is 11.8. The molecule has 0 radical (unpaired) electrons. The van der Waals surface area contributed by atoms with Gasteiger partial charge in [-0.05, 0) is 49.5 Å². The van der Waals surface area contributed by atoms with E-state index in [1.165, 1.54) is 6.08 Å². The molecule has 0 atom stereocenters. The van der Waals surface area contributed by atoms with Crippen molar-refractivity contribution in [1.82, 2.24) is 0 Å². The van der Waals surface area contributed by atoms with Gasteiger partial charge in [-0.2, -0.15) is 0 Å². The van der Waals surface area contributed by atoms with Crippen LogP contribution in [0.5, 0.6) is 0 Å². The molecule has 25 heavy (non-hydrogen) atoms. The molecule has 1 heteroatoms. The molecule has 132 valence electrons. The summed E-state index contributed by atoms with van der Waals surface area (Å²) >= 11 is 0. The zero-order valence-electron chi connectivity index (χ0n) is 15.6. The lowest BCUT2D eigenvalue weighted by molar-refractivity contribution is 0.655. The molecule has 0 aromatic rings. The van der Waals surface area contributed by atoms with Crippen LogP contribution in [0.4, 0.5) is 4.39 Å². The molecule has 0 rings (SSSR count). The zero-order chi connectivity index (χ0) is 19.4. The molecule has 0 saturated carbocycles. The first-order valence-electron chi connectivity index (χ1n) is 8.13. The maximum absolute atomic E-state index is 14.3. The average Bonchev–Trinajstić information content (AvgIpc) is 2.56. The number of halogens is 1. The van der Waals surface area contributed by atoms with E-state index in [9.17, 15) is 4.39 Å². The second-order valence-electron chi connectivity index (χ2n) is 5.83. The van der Waals surface area contributed by atoms with Gasteiger partial charge in [-0.1, -0.05) is 87.1 Å². The van der Waals surface area contributed by atoms with Gasteiger partial charge in [0, 0.05) is 5.57 Å². The maximum Gasteiger partial charge on any atom is 0.131 e. The highest BCUT2D eigenvalue weighted by molar-refractivity contribution is 5.52. The van der Waals surface area contributed by atoms with Gasteiger partial charge in [-0.3, -0.25) is 0 Å². The summed E-state index contributed by atoms with van der Waals surface area (Å²) in [4.78, 5) is 0. The first-order chi connectivity index (χ1) is 11.7. The molecule has 0 amide bonds. The maximum atomic E-state index is 14.3. The van der Waals surface area contributed by atoms with Gasteiger partial charge in [-0.15, -0.1) is 0 Å². The van der Waals surface area contributed by atoms with E-state index in [1.54, 1.807) is 18.2 Å². The normalized spacial score (nSPS) is 12.0. The third-order valence-electron chi connectivity index (χ3n) is 3.35. The molecule has 0 aromatic heterocycles. The summed E-state index contributed by atoms with van der Waals surface area (Å²) in [5.41, 5.74) is 3.65. The summed E-state index contributed by atoms with van der Waals surface area (Å²) in [6.45, 7) is 26.9. The van der Waals surface area contributed by atoms with Gasteiger partial charge in [0.25, 0.3) is 0 Å². The monoisotopic (exact) mass is 336 g/mol. The van der Waals surface area contributed by atoms with Crippen molar-refractivity contribution in [2.75, 3.05) is 0 Å². The van der Waals surface area contributed by atoms with Crippen molar-refractivity contribution in [3.63, 3.8) is 0 Å². The largest absolute Gasteiger partial charge is 0.206 e. The SMILES string of the molecule is C=C(C)/C=C\C(=C)C(=C)/C=C(/F)C(=C)C(=C)/C=C\C(=C)CC/C=C/C. The Bertz CT molecular complexity index is 688. The number of hydrogen-bond acceptors (Lipinski definition) is 0. The topological polar surface area (TPSA) is 0 Å². The zero-order valence-corrected chi connectivity index (χ0v) is 15.6. The van der Waals surface area contributed by atoms with E-state index in [1.807, 2.05) is 26.0 Å². The Morgan fingerprint density at radius 2 is 1.44 bits per heavy atom. The van der Waals surface area contributed by atoms with E-state index in [4.69, 9.17) is 0 Å². The van der Waals surface area contributed by atoms with Crippen molar-refractivity contribution in [3.05, 3.63) is 121 Å². The molecular weight excluding hydrogens is 307 g/mol. The van der Waals surface area contributed by atoms with Crippen molar-refractivity contribution in [2.24, 2.45) is 0 Å². The molecule has 0 aliphatic rings. The molecule has 0 aliphatic carbocycles. The molecule has 0 bridgehead atoms. The minimum atomic E-state index is -0.482. The molecule has 0 saturated heterocycles. The summed E-state index contributed by atoms with van der Waals surface area (Å²) in [7, 11) is 0. The van der Waals surface area contributed by atoms with Crippen LogP contribution < -0.4 is 0 Å². The molecule has 0 aromatic carbocycles. The molecule has 0 N–H and O–H groups in total. The first-order valence-corrected chi connectivity index (χ1v) is 8.13. The van der Waals surface area contributed by atoms with E-state index in [2.05, 4.69) is 45.5 Å². The summed E-state index contributed by atoms with van der Waals surface area (Å²) in [5.74, 6) is -0.482. The number of hydrogen-bond donors (Lipinski definition) is 0. The third-order valence-corrected chi connectivity index (χ3v) is 3.35. The summed E-state index contributed by atoms with van der Waals surface area (Å²) in [6, 6.07) is 0. The quantitative estimate of drug-likeness (QED) is 0.268. The molecule has 0 nitrogen and oxygen atoms in total. The molecule has 0 fully saturated rings. The highest BCUT2D eigenvalue weighted by Crippen LogP contribution is 2.22. The minimum Gasteiger partial charge on any atom is -0.206 e. The highest BCUT2D eigenvalue weighted by Gasteiger charge is 2.05. The van der Waals surface area contributed by atoms with Crippen LogP contribution in [0.2, 0.25) is 0 Å². The lowest BCUT2D eigenvalue weighted by Gasteiger charge is -2.05. The van der Waals surface area contributed by atoms with E-state index in [-0.39, 0.29) is 5.57 Å². The Morgan fingerprint density at radius 3 is 2.00 bits per heavy atom. The molecule has 0 spiro atoms. The fourth-order valence-corrected chi connectivity index (χ4v) is 1.67. The van der Waals surface area contributed by atoms with Gasteiger partial charge in [0.2, 0.25) is 0 Å². The fraction of sp³-hybridized carbons (Fsp3) is 0.167. The Labute approximate surface area is 152 Å². The van der Waals surface area contributed by atoms with Crippen LogP contribution in [0.25, 0.3) is 0 Å². The Hall–Kier alpha value is -2.67. The average molecular weight is 336 g/mol. The molecular formula is C24H29F. The van der Waals surface area contributed by atoms with Gasteiger partial charge in [-0.25, -0.2) is 4.39 Å². The predicted molar refractivity (Wildman–Crippen MR) is 112 cm³/mol. The van der Waals surface area contributed by atoms with Crippen LogP contribution in [0, 0.1) is 0 Å². The van der Waals surface area contributed by atoms with Gasteiger partial charge in [0.05, 0.1) is 0 Å². The fourth-order valence-electron chi connectivity index (χ4n) is 1.67. The third kappa shape index (κ3) is 9.93.